The summed E-state index contributed by atoms with van der Waals surface area (Å²) in [4.78, 5) is 0. The van der Waals surface area contributed by atoms with Crippen molar-refractivity contribution in [1.82, 2.24) is 0 Å². The zero-order valence-electron chi connectivity index (χ0n) is 6.01. The van der Waals surface area contributed by atoms with Crippen molar-refractivity contribution < 1.29 is 13.5 Å². The predicted octanol–water partition coefficient (Wildman–Crippen LogP) is 1.44. The molecule has 1 aromatic carbocycles. The molecule has 3 nitrogen and oxygen atoms in total. The van der Waals surface area contributed by atoms with Crippen molar-refractivity contribution >= 4 is 28.2 Å². The molecule has 0 spiro atoms. The van der Waals surface area contributed by atoms with Gasteiger partial charge in [0.2, 0.25) is 7.01 Å². The Kier molecular flexibility index (Phi) is 3.08. The Morgan fingerprint density at radius 3 is 2.17 bits per heavy atom. The standard InChI is InChI=1S/C7H7IO3S/c8-12(10,11)7(9)6-4-2-1-3-5-6/h1-5,7,9H. The smallest absolute Gasteiger partial charge is 0.233 e. The lowest BCUT2D eigenvalue weighted by molar-refractivity contribution is 0.259. The van der Waals surface area contributed by atoms with Gasteiger partial charge in [-0.05, 0) is 5.56 Å². The van der Waals surface area contributed by atoms with Crippen LogP contribution in [0.1, 0.15) is 11.0 Å². The number of aliphatic hydroxyl groups excluding tert-OH is 1. The second-order valence-electron chi connectivity index (χ2n) is 2.24. The molecule has 0 aliphatic carbocycles. The third-order valence-corrected chi connectivity index (χ3v) is 3.60. The highest BCUT2D eigenvalue weighted by Gasteiger charge is 2.20. The van der Waals surface area contributed by atoms with Gasteiger partial charge in [-0.2, -0.15) is 0 Å². The van der Waals surface area contributed by atoms with Gasteiger partial charge in [-0.3, -0.25) is 0 Å². The van der Waals surface area contributed by atoms with Gasteiger partial charge in [0.1, 0.15) is 0 Å². The predicted molar refractivity (Wildman–Crippen MR) is 54.3 cm³/mol. The summed E-state index contributed by atoms with van der Waals surface area (Å²) in [5.41, 5.74) is -1.02. The maximum absolute atomic E-state index is 10.9. The lowest BCUT2D eigenvalue weighted by atomic mass is 10.2. The number of rotatable bonds is 2. The minimum atomic E-state index is -3.43. The fourth-order valence-electron chi connectivity index (χ4n) is 0.780. The molecule has 0 aliphatic heterocycles. The Labute approximate surface area is 82.9 Å². The van der Waals surface area contributed by atoms with Crippen molar-refractivity contribution in [3.63, 3.8) is 0 Å². The zero-order chi connectivity index (χ0) is 9.19. The van der Waals surface area contributed by atoms with Crippen LogP contribution in [0.3, 0.4) is 0 Å². The first-order chi connectivity index (χ1) is 5.52. The van der Waals surface area contributed by atoms with Crippen LogP contribution in [0.2, 0.25) is 0 Å². The maximum atomic E-state index is 10.9. The van der Waals surface area contributed by atoms with Crippen molar-refractivity contribution in [3.8, 4) is 0 Å². The molecule has 1 aromatic rings. The molecule has 0 heterocycles. The van der Waals surface area contributed by atoms with Crippen LogP contribution in [0.5, 0.6) is 0 Å². The van der Waals surface area contributed by atoms with E-state index in [1.54, 1.807) is 30.3 Å². The summed E-state index contributed by atoms with van der Waals surface area (Å²) < 4.78 is 21.7. The first-order valence-corrected chi connectivity index (χ1v) is 7.27. The minimum Gasteiger partial charge on any atom is -0.372 e. The van der Waals surface area contributed by atoms with Gasteiger partial charge in [0, 0.05) is 0 Å². The molecular weight excluding hydrogens is 291 g/mol. The molecule has 0 fully saturated rings. The van der Waals surface area contributed by atoms with Gasteiger partial charge < -0.3 is 5.11 Å². The third-order valence-electron chi connectivity index (χ3n) is 1.35. The van der Waals surface area contributed by atoms with Crippen LogP contribution in [0, 0.1) is 0 Å². The SMILES string of the molecule is O=S(=O)(I)C(O)c1ccccc1. The molecule has 5 heteroatoms. The molecule has 12 heavy (non-hydrogen) atoms. The molecule has 0 aliphatic rings. The molecule has 1 N–H and O–H groups in total. The number of benzene rings is 1. The fourth-order valence-corrected chi connectivity index (χ4v) is 2.14. The topological polar surface area (TPSA) is 54.4 Å². The van der Waals surface area contributed by atoms with Gasteiger partial charge in [0.25, 0.3) is 0 Å². The molecule has 0 saturated carbocycles. The molecule has 0 saturated heterocycles. The van der Waals surface area contributed by atoms with Crippen molar-refractivity contribution in [2.75, 3.05) is 0 Å². The van der Waals surface area contributed by atoms with Gasteiger partial charge in [-0.25, -0.2) is 8.42 Å². The van der Waals surface area contributed by atoms with E-state index in [1.165, 1.54) is 21.2 Å². The summed E-state index contributed by atoms with van der Waals surface area (Å²) in [5.74, 6) is 0. The number of halogens is 1. The largest absolute Gasteiger partial charge is 0.372 e. The molecular formula is C7H7IO3S. The van der Waals surface area contributed by atoms with Crippen LogP contribution in [0.4, 0.5) is 0 Å². The van der Waals surface area contributed by atoms with E-state index in [9.17, 15) is 13.5 Å². The highest BCUT2D eigenvalue weighted by molar-refractivity contribution is 14.2. The third kappa shape index (κ3) is 2.43. The van der Waals surface area contributed by atoms with Gasteiger partial charge in [0.05, 0.1) is 21.2 Å². The summed E-state index contributed by atoms with van der Waals surface area (Å²) in [6.45, 7) is 0. The molecule has 1 unspecified atom stereocenters. The van der Waals surface area contributed by atoms with E-state index in [1.807, 2.05) is 0 Å². The van der Waals surface area contributed by atoms with Crippen molar-refractivity contribution in [2.24, 2.45) is 0 Å². The highest BCUT2D eigenvalue weighted by Crippen LogP contribution is 2.23. The Bertz CT molecular complexity index is 346. The number of hydrogen-bond donors (Lipinski definition) is 1. The van der Waals surface area contributed by atoms with E-state index < -0.39 is 12.4 Å². The summed E-state index contributed by atoms with van der Waals surface area (Å²) in [6.07, 6.45) is 0. The Morgan fingerprint density at radius 1 is 1.25 bits per heavy atom. The Hall–Kier alpha value is -0.140. The van der Waals surface area contributed by atoms with Crippen LogP contribution >= 0.6 is 21.2 Å². The summed E-state index contributed by atoms with van der Waals surface area (Å²) in [6, 6.07) is 8.26. The van der Waals surface area contributed by atoms with E-state index in [0.29, 0.717) is 5.56 Å². The van der Waals surface area contributed by atoms with Gasteiger partial charge in [-0.15, -0.1) is 0 Å². The van der Waals surface area contributed by atoms with E-state index in [4.69, 9.17) is 0 Å². The van der Waals surface area contributed by atoms with Crippen LogP contribution in [-0.2, 0) is 7.01 Å². The second kappa shape index (κ2) is 3.71. The quantitative estimate of drug-likeness (QED) is 0.664. The molecule has 66 valence electrons. The summed E-state index contributed by atoms with van der Waals surface area (Å²) in [7, 11) is -3.43. The normalized spacial score (nSPS) is 14.2. The zero-order valence-corrected chi connectivity index (χ0v) is 8.99. The van der Waals surface area contributed by atoms with E-state index in [-0.39, 0.29) is 0 Å². The molecule has 1 atom stereocenters. The van der Waals surface area contributed by atoms with E-state index in [2.05, 4.69) is 0 Å². The van der Waals surface area contributed by atoms with Crippen molar-refractivity contribution in [3.05, 3.63) is 35.9 Å². The molecule has 0 radical (unpaired) electrons. The van der Waals surface area contributed by atoms with Crippen LogP contribution < -0.4 is 0 Å². The lowest BCUT2D eigenvalue weighted by Crippen LogP contribution is -2.04. The molecule has 1 rings (SSSR count). The fraction of sp³-hybridized carbons (Fsp3) is 0.143. The van der Waals surface area contributed by atoms with E-state index >= 15 is 0 Å². The number of aliphatic hydroxyl groups is 1. The average Bonchev–Trinajstić information content (AvgIpc) is 2.03. The Balaban J connectivity index is 3.02. The lowest BCUT2D eigenvalue weighted by Gasteiger charge is -2.05. The Morgan fingerprint density at radius 2 is 1.75 bits per heavy atom. The van der Waals surface area contributed by atoms with E-state index in [0.717, 1.165) is 0 Å². The summed E-state index contributed by atoms with van der Waals surface area (Å²) in [5, 5.41) is 9.26. The maximum Gasteiger partial charge on any atom is 0.233 e. The first-order valence-electron chi connectivity index (χ1n) is 3.18. The summed E-state index contributed by atoms with van der Waals surface area (Å²) >= 11 is 1.23. The van der Waals surface area contributed by atoms with Crippen LogP contribution in [0.15, 0.2) is 30.3 Å². The van der Waals surface area contributed by atoms with Gasteiger partial charge >= 0.3 is 0 Å². The highest BCUT2D eigenvalue weighted by atomic mass is 127. The average molecular weight is 298 g/mol. The van der Waals surface area contributed by atoms with Gasteiger partial charge in [-0.1, -0.05) is 30.3 Å². The molecule has 0 aromatic heterocycles. The second-order valence-corrected chi connectivity index (χ2v) is 7.32. The molecule has 0 bridgehead atoms. The first kappa shape index (κ1) is 9.94. The monoisotopic (exact) mass is 298 g/mol. The number of hydrogen-bond acceptors (Lipinski definition) is 3. The van der Waals surface area contributed by atoms with Crippen LogP contribution in [-0.4, -0.2) is 13.5 Å². The van der Waals surface area contributed by atoms with Crippen molar-refractivity contribution in [1.29, 1.82) is 0 Å². The molecule has 0 amide bonds. The van der Waals surface area contributed by atoms with Gasteiger partial charge in [0.15, 0.2) is 5.44 Å². The van der Waals surface area contributed by atoms with Crippen molar-refractivity contribution in [2.45, 2.75) is 5.44 Å². The minimum absolute atomic E-state index is 0.395. The van der Waals surface area contributed by atoms with Crippen LogP contribution in [0.25, 0.3) is 0 Å².